The summed E-state index contributed by atoms with van der Waals surface area (Å²) in [6.45, 7) is 0. The lowest BCUT2D eigenvalue weighted by Crippen LogP contribution is -2.46. The molecule has 0 amide bonds. The van der Waals surface area contributed by atoms with Gasteiger partial charge in [0.2, 0.25) is 0 Å². The molecule has 30 heavy (non-hydrogen) atoms. The zero-order valence-electron chi connectivity index (χ0n) is 16.5. The number of carboxylic acid groups (broad SMARTS) is 1. The topological polar surface area (TPSA) is 88.7 Å². The summed E-state index contributed by atoms with van der Waals surface area (Å²) in [6, 6.07) is 7.93. The monoisotopic (exact) mass is 422 g/mol. The third-order valence-electron chi connectivity index (χ3n) is 6.91. The van der Waals surface area contributed by atoms with Crippen LogP contribution in [0.4, 0.5) is 5.69 Å². The smallest absolute Gasteiger partial charge is 0.351 e. The van der Waals surface area contributed by atoms with E-state index in [-0.39, 0.29) is 17.8 Å². The van der Waals surface area contributed by atoms with Gasteiger partial charge in [-0.05, 0) is 61.4 Å². The van der Waals surface area contributed by atoms with Gasteiger partial charge in [-0.25, -0.2) is 4.79 Å². The molecule has 0 aromatic heterocycles. The molecule has 0 saturated heterocycles. The van der Waals surface area contributed by atoms with Gasteiger partial charge in [0.25, 0.3) is 0 Å². The highest BCUT2D eigenvalue weighted by Gasteiger charge is 2.48. The molecular weight excluding hydrogens is 400 g/mol. The second kappa shape index (κ2) is 7.48. The molecule has 1 aromatic carbocycles. The molecule has 3 unspecified atom stereocenters. The highest BCUT2D eigenvalue weighted by molar-refractivity contribution is 6.32. The Balaban J connectivity index is 1.56. The second-order valence-electron chi connectivity index (χ2n) is 8.53. The minimum atomic E-state index is -0.932. The van der Waals surface area contributed by atoms with E-state index < -0.39 is 5.97 Å². The minimum absolute atomic E-state index is 0.00942. The molecule has 0 spiro atoms. The third kappa shape index (κ3) is 3.09. The van der Waals surface area contributed by atoms with Gasteiger partial charge >= 0.3 is 5.97 Å². The number of anilines is 1. The molecule has 3 atom stereocenters. The first-order valence-electron chi connectivity index (χ1n) is 10.6. The van der Waals surface area contributed by atoms with Crippen LogP contribution in [0, 0.1) is 23.2 Å². The predicted octanol–water partition coefficient (Wildman–Crippen LogP) is 4.22. The molecule has 2 aliphatic carbocycles. The van der Waals surface area contributed by atoms with Crippen molar-refractivity contribution in [2.45, 2.75) is 50.6 Å². The largest absolute Gasteiger partial charge is 0.477 e. The van der Waals surface area contributed by atoms with Crippen LogP contribution in [-0.4, -0.2) is 28.9 Å². The number of hydrogen-bond acceptors (Lipinski definition) is 5. The number of hydrogen-bond donors (Lipinski definition) is 2. The summed E-state index contributed by atoms with van der Waals surface area (Å²) in [5.74, 6) is -0.0328. The fraction of sp³-hybridized carbons (Fsp3) is 0.435. The SMILES string of the molecule is N#Cc1ccc(N2N=C3C4=CC=C(C(=O)O)NC4CCC3C2C2CCCC2)cc1Cl. The van der Waals surface area contributed by atoms with Crippen molar-refractivity contribution in [1.82, 2.24) is 5.32 Å². The summed E-state index contributed by atoms with van der Waals surface area (Å²) in [4.78, 5) is 11.4. The minimum Gasteiger partial charge on any atom is -0.477 e. The van der Waals surface area contributed by atoms with E-state index in [1.807, 2.05) is 18.2 Å². The number of hydrazone groups is 1. The standard InChI is InChI=1S/C23H23ClN4O2/c24-18-11-15(6-5-14(18)12-25)28-22(13-3-1-2-4-13)17-8-9-19-16(21(17)27-28)7-10-20(26-19)23(29)30/h5-7,10-11,13,17,19,22,26H,1-4,8-9H2,(H,29,30). The lowest BCUT2D eigenvalue weighted by atomic mass is 9.73. The van der Waals surface area contributed by atoms with Gasteiger partial charge in [-0.15, -0.1) is 0 Å². The molecule has 5 rings (SSSR count). The zero-order chi connectivity index (χ0) is 20.8. The number of dihydropyridines is 1. The van der Waals surface area contributed by atoms with Crippen molar-refractivity contribution in [2.75, 3.05) is 5.01 Å². The Bertz CT molecular complexity index is 1030. The summed E-state index contributed by atoms with van der Waals surface area (Å²) >= 11 is 6.34. The van der Waals surface area contributed by atoms with Crippen LogP contribution in [0.5, 0.6) is 0 Å². The Morgan fingerprint density at radius 3 is 2.73 bits per heavy atom. The number of benzene rings is 1. The first kappa shape index (κ1) is 19.2. The molecule has 2 saturated carbocycles. The van der Waals surface area contributed by atoms with Crippen LogP contribution in [0.25, 0.3) is 0 Å². The molecule has 6 nitrogen and oxygen atoms in total. The maximum atomic E-state index is 11.4. The number of allylic oxidation sites excluding steroid dienone is 2. The number of carboxylic acids is 1. The van der Waals surface area contributed by atoms with Gasteiger partial charge in [0, 0.05) is 5.92 Å². The highest BCUT2D eigenvalue weighted by Crippen LogP contribution is 2.46. The number of fused-ring (bicyclic) bond motifs is 3. The second-order valence-corrected chi connectivity index (χ2v) is 8.94. The normalized spacial score (nSPS) is 27.9. The fourth-order valence-corrected chi connectivity index (χ4v) is 5.75. The average molecular weight is 423 g/mol. The fourth-order valence-electron chi connectivity index (χ4n) is 5.54. The van der Waals surface area contributed by atoms with E-state index in [1.54, 1.807) is 12.1 Å². The molecule has 7 heteroatoms. The van der Waals surface area contributed by atoms with Gasteiger partial charge in [0.1, 0.15) is 11.8 Å². The van der Waals surface area contributed by atoms with E-state index >= 15 is 0 Å². The number of halogens is 1. The number of nitrogens with one attached hydrogen (secondary N) is 1. The van der Waals surface area contributed by atoms with E-state index in [0.29, 0.717) is 22.4 Å². The Morgan fingerprint density at radius 2 is 2.03 bits per heavy atom. The molecule has 154 valence electrons. The van der Waals surface area contributed by atoms with Crippen molar-refractivity contribution in [2.24, 2.45) is 16.9 Å². The maximum Gasteiger partial charge on any atom is 0.351 e. The summed E-state index contributed by atoms with van der Waals surface area (Å²) < 4.78 is 0. The van der Waals surface area contributed by atoms with Gasteiger partial charge in [0.05, 0.1) is 34.1 Å². The molecule has 0 bridgehead atoms. The van der Waals surface area contributed by atoms with Crippen LogP contribution < -0.4 is 10.3 Å². The average Bonchev–Trinajstić information content (AvgIpc) is 3.40. The third-order valence-corrected chi connectivity index (χ3v) is 7.22. The number of rotatable bonds is 3. The Kier molecular flexibility index (Phi) is 4.79. The summed E-state index contributed by atoms with van der Waals surface area (Å²) in [6.07, 6.45) is 10.4. The molecule has 2 heterocycles. The first-order chi connectivity index (χ1) is 14.6. The zero-order valence-corrected chi connectivity index (χ0v) is 17.3. The number of aliphatic carboxylic acids is 1. The molecular formula is C23H23ClN4O2. The lowest BCUT2D eigenvalue weighted by Gasteiger charge is -2.37. The van der Waals surface area contributed by atoms with Crippen molar-refractivity contribution < 1.29 is 9.90 Å². The van der Waals surface area contributed by atoms with E-state index in [1.165, 1.54) is 25.7 Å². The van der Waals surface area contributed by atoms with Crippen LogP contribution in [0.3, 0.4) is 0 Å². The van der Waals surface area contributed by atoms with Crippen LogP contribution in [0.2, 0.25) is 5.02 Å². The molecule has 2 N–H and O–H groups in total. The number of nitrogens with zero attached hydrogens (tertiary/aromatic N) is 3. The Labute approximate surface area is 180 Å². The van der Waals surface area contributed by atoms with Crippen molar-refractivity contribution in [3.8, 4) is 6.07 Å². The summed E-state index contributed by atoms with van der Waals surface area (Å²) in [5, 5.41) is 29.4. The molecule has 2 aliphatic heterocycles. The van der Waals surface area contributed by atoms with Crippen molar-refractivity contribution in [1.29, 1.82) is 5.26 Å². The van der Waals surface area contributed by atoms with Gasteiger partial charge < -0.3 is 10.4 Å². The maximum absolute atomic E-state index is 11.4. The quantitative estimate of drug-likeness (QED) is 0.761. The summed E-state index contributed by atoms with van der Waals surface area (Å²) in [7, 11) is 0. The molecule has 0 radical (unpaired) electrons. The van der Waals surface area contributed by atoms with E-state index in [9.17, 15) is 15.2 Å². The molecule has 2 fully saturated rings. The van der Waals surface area contributed by atoms with Crippen molar-refractivity contribution >= 4 is 29.0 Å². The molecule has 4 aliphatic rings. The van der Waals surface area contributed by atoms with E-state index in [4.69, 9.17) is 16.7 Å². The first-order valence-corrected chi connectivity index (χ1v) is 10.9. The predicted molar refractivity (Wildman–Crippen MR) is 115 cm³/mol. The highest BCUT2D eigenvalue weighted by atomic mass is 35.5. The van der Waals surface area contributed by atoms with E-state index in [2.05, 4.69) is 16.4 Å². The van der Waals surface area contributed by atoms with Crippen LogP contribution in [0.1, 0.15) is 44.1 Å². The van der Waals surface area contributed by atoms with E-state index in [0.717, 1.165) is 29.8 Å². The van der Waals surface area contributed by atoms with Crippen molar-refractivity contribution in [3.05, 3.63) is 52.2 Å². The van der Waals surface area contributed by atoms with Gasteiger partial charge in [-0.3, -0.25) is 5.01 Å². The Morgan fingerprint density at radius 1 is 1.23 bits per heavy atom. The van der Waals surface area contributed by atoms with Crippen LogP contribution in [0.15, 0.2) is 46.7 Å². The molecule has 1 aromatic rings. The van der Waals surface area contributed by atoms with Crippen molar-refractivity contribution in [3.63, 3.8) is 0 Å². The van der Waals surface area contributed by atoms with Crippen LogP contribution in [-0.2, 0) is 4.79 Å². The summed E-state index contributed by atoms with van der Waals surface area (Å²) in [5.41, 5.74) is 3.79. The Hall–Kier alpha value is -2.78. The van der Waals surface area contributed by atoms with Gasteiger partial charge in [-0.1, -0.05) is 30.5 Å². The van der Waals surface area contributed by atoms with Gasteiger partial charge in [0.15, 0.2) is 0 Å². The number of nitriles is 1. The lowest BCUT2D eigenvalue weighted by molar-refractivity contribution is -0.133. The number of carbonyl (C=O) groups is 1. The van der Waals surface area contributed by atoms with Crippen LogP contribution >= 0.6 is 11.6 Å². The van der Waals surface area contributed by atoms with Gasteiger partial charge in [-0.2, -0.15) is 10.4 Å².